The Morgan fingerprint density at radius 3 is 2.41 bits per heavy atom. The summed E-state index contributed by atoms with van der Waals surface area (Å²) in [4.78, 5) is 17.6. The molecule has 2 aromatic carbocycles. The van der Waals surface area contributed by atoms with Gasteiger partial charge in [0.25, 0.3) is 5.91 Å². The molecule has 0 aliphatic carbocycles. The van der Waals surface area contributed by atoms with E-state index in [0.29, 0.717) is 25.2 Å². The second-order valence-corrected chi connectivity index (χ2v) is 11.1. The molecule has 8 heteroatoms. The van der Waals surface area contributed by atoms with Gasteiger partial charge in [-0.05, 0) is 62.1 Å². The molecule has 4 rings (SSSR count). The van der Waals surface area contributed by atoms with Crippen LogP contribution >= 0.6 is 0 Å². The normalized spacial score (nSPS) is 20.3. The maximum Gasteiger partial charge on any atom is 0.253 e. The number of sulfonamides is 1. The number of carbonyl (C=O) groups is 1. The molecule has 2 heterocycles. The van der Waals surface area contributed by atoms with Crippen molar-refractivity contribution in [3.63, 3.8) is 0 Å². The van der Waals surface area contributed by atoms with Gasteiger partial charge in [0.2, 0.25) is 10.0 Å². The molecule has 0 aromatic heterocycles. The third-order valence-electron chi connectivity index (χ3n) is 6.96. The molecule has 0 radical (unpaired) electrons. The number of piperidine rings is 1. The first-order chi connectivity index (χ1) is 16.4. The Balaban J connectivity index is 1.34. The van der Waals surface area contributed by atoms with Crippen LogP contribution in [0.25, 0.3) is 0 Å². The largest absolute Gasteiger partial charge is 0.497 e. The van der Waals surface area contributed by atoms with E-state index in [-0.39, 0.29) is 16.8 Å². The molecule has 184 valence electrons. The SMILES string of the molecule is COc1ccc(CCN2CCN(C(=O)c3cccc(S(=O)(=O)N4CCCCC4C)c3)CC2)cc1. The Kier molecular flexibility index (Phi) is 7.91. The van der Waals surface area contributed by atoms with Crippen LogP contribution in [0, 0.1) is 0 Å². The number of hydrogen-bond acceptors (Lipinski definition) is 5. The first kappa shape index (κ1) is 24.7. The number of hydrogen-bond donors (Lipinski definition) is 0. The van der Waals surface area contributed by atoms with Crippen molar-refractivity contribution in [1.29, 1.82) is 0 Å². The predicted octanol–water partition coefficient (Wildman–Crippen LogP) is 3.26. The van der Waals surface area contributed by atoms with Gasteiger partial charge in [0.05, 0.1) is 12.0 Å². The Morgan fingerprint density at radius 1 is 1.00 bits per heavy atom. The molecule has 0 spiro atoms. The number of rotatable bonds is 7. The van der Waals surface area contributed by atoms with Crippen LogP contribution in [-0.2, 0) is 16.4 Å². The van der Waals surface area contributed by atoms with Crippen LogP contribution in [0.2, 0.25) is 0 Å². The lowest BCUT2D eigenvalue weighted by Crippen LogP contribution is -2.49. The van der Waals surface area contributed by atoms with Gasteiger partial charge in [-0.15, -0.1) is 0 Å². The molecule has 1 atom stereocenters. The molecule has 0 N–H and O–H groups in total. The van der Waals surface area contributed by atoms with Crippen LogP contribution in [0.3, 0.4) is 0 Å². The summed E-state index contributed by atoms with van der Waals surface area (Å²) >= 11 is 0. The number of piperazine rings is 1. The zero-order chi connectivity index (χ0) is 24.1. The topological polar surface area (TPSA) is 70.2 Å². The molecule has 7 nitrogen and oxygen atoms in total. The van der Waals surface area contributed by atoms with Gasteiger partial charge in [-0.2, -0.15) is 4.31 Å². The van der Waals surface area contributed by atoms with E-state index < -0.39 is 10.0 Å². The van der Waals surface area contributed by atoms with Gasteiger partial charge in [0, 0.05) is 50.9 Å². The number of carbonyl (C=O) groups excluding carboxylic acids is 1. The van der Waals surface area contributed by atoms with Crippen molar-refractivity contribution in [3.8, 4) is 5.75 Å². The Hall–Kier alpha value is -2.42. The number of ether oxygens (including phenoxy) is 1. The molecular formula is C26H35N3O4S. The highest BCUT2D eigenvalue weighted by molar-refractivity contribution is 7.89. The molecule has 1 unspecified atom stereocenters. The van der Waals surface area contributed by atoms with Crippen LogP contribution in [0.5, 0.6) is 5.75 Å². The van der Waals surface area contributed by atoms with E-state index in [1.165, 1.54) is 5.56 Å². The van der Waals surface area contributed by atoms with E-state index in [9.17, 15) is 13.2 Å². The average molecular weight is 486 g/mol. The smallest absolute Gasteiger partial charge is 0.253 e. The lowest BCUT2D eigenvalue weighted by Gasteiger charge is -2.35. The van der Waals surface area contributed by atoms with Gasteiger partial charge >= 0.3 is 0 Å². The summed E-state index contributed by atoms with van der Waals surface area (Å²) in [7, 11) is -1.93. The quantitative estimate of drug-likeness (QED) is 0.602. The minimum absolute atomic E-state index is 0.0101. The minimum Gasteiger partial charge on any atom is -0.497 e. The van der Waals surface area contributed by atoms with Crippen LogP contribution < -0.4 is 4.74 Å². The van der Waals surface area contributed by atoms with Gasteiger partial charge in [0.15, 0.2) is 0 Å². The number of methoxy groups -OCH3 is 1. The van der Waals surface area contributed by atoms with E-state index in [1.807, 2.05) is 24.0 Å². The van der Waals surface area contributed by atoms with Crippen LogP contribution in [0.1, 0.15) is 42.1 Å². The summed E-state index contributed by atoms with van der Waals surface area (Å²) in [5.74, 6) is 0.761. The lowest BCUT2D eigenvalue weighted by atomic mass is 10.1. The van der Waals surface area contributed by atoms with Gasteiger partial charge < -0.3 is 9.64 Å². The highest BCUT2D eigenvalue weighted by Gasteiger charge is 2.31. The molecule has 2 aliphatic heterocycles. The maximum absolute atomic E-state index is 13.2. The molecule has 1 amide bonds. The van der Waals surface area contributed by atoms with Crippen molar-refractivity contribution >= 4 is 15.9 Å². The molecular weight excluding hydrogens is 450 g/mol. The van der Waals surface area contributed by atoms with Crippen molar-refractivity contribution in [3.05, 3.63) is 59.7 Å². The third kappa shape index (κ3) is 5.62. The van der Waals surface area contributed by atoms with Crippen molar-refractivity contribution < 1.29 is 17.9 Å². The summed E-state index contributed by atoms with van der Waals surface area (Å²) in [6.45, 7) is 6.34. The molecule has 34 heavy (non-hydrogen) atoms. The summed E-state index contributed by atoms with van der Waals surface area (Å²) in [5.41, 5.74) is 1.71. The minimum atomic E-state index is -3.60. The first-order valence-electron chi connectivity index (χ1n) is 12.1. The average Bonchev–Trinajstić information content (AvgIpc) is 2.88. The Labute approximate surface area is 203 Å². The van der Waals surface area contributed by atoms with Crippen LogP contribution in [0.4, 0.5) is 0 Å². The van der Waals surface area contributed by atoms with E-state index in [0.717, 1.165) is 51.1 Å². The lowest BCUT2D eigenvalue weighted by molar-refractivity contribution is 0.0638. The van der Waals surface area contributed by atoms with Gasteiger partial charge in [-0.1, -0.05) is 24.6 Å². The highest BCUT2D eigenvalue weighted by atomic mass is 32.2. The van der Waals surface area contributed by atoms with Crippen LogP contribution in [0.15, 0.2) is 53.4 Å². The Morgan fingerprint density at radius 2 is 1.74 bits per heavy atom. The molecule has 2 aliphatic rings. The van der Waals surface area contributed by atoms with Crippen molar-refractivity contribution in [2.75, 3.05) is 46.4 Å². The fourth-order valence-corrected chi connectivity index (χ4v) is 6.54. The van der Waals surface area contributed by atoms with E-state index in [4.69, 9.17) is 4.74 Å². The standard InChI is InChI=1S/C26H35N3O4S/c1-21-6-3-4-14-29(21)34(31,32)25-8-5-7-23(20-25)26(30)28-18-16-27(17-19-28)15-13-22-9-11-24(33-2)12-10-22/h5,7-12,20-21H,3-4,6,13-19H2,1-2H3. The summed E-state index contributed by atoms with van der Waals surface area (Å²) in [6.07, 6.45) is 3.76. The van der Waals surface area contributed by atoms with Gasteiger partial charge in [0.1, 0.15) is 5.75 Å². The first-order valence-corrected chi connectivity index (χ1v) is 13.6. The van der Waals surface area contributed by atoms with Crippen molar-refractivity contribution in [2.45, 2.75) is 43.5 Å². The van der Waals surface area contributed by atoms with E-state index in [1.54, 1.807) is 35.7 Å². The summed E-state index contributed by atoms with van der Waals surface area (Å²) < 4.78 is 33.2. The molecule has 0 saturated carbocycles. The van der Waals surface area contributed by atoms with E-state index >= 15 is 0 Å². The molecule has 2 aromatic rings. The molecule has 2 saturated heterocycles. The highest BCUT2D eigenvalue weighted by Crippen LogP contribution is 2.26. The van der Waals surface area contributed by atoms with E-state index in [2.05, 4.69) is 17.0 Å². The summed E-state index contributed by atoms with van der Waals surface area (Å²) in [6, 6.07) is 14.7. The van der Waals surface area contributed by atoms with Gasteiger partial charge in [-0.3, -0.25) is 9.69 Å². The fourth-order valence-electron chi connectivity index (χ4n) is 4.79. The number of benzene rings is 2. The number of nitrogens with zero attached hydrogens (tertiary/aromatic N) is 3. The zero-order valence-corrected chi connectivity index (χ0v) is 21.0. The molecule has 0 bridgehead atoms. The monoisotopic (exact) mass is 485 g/mol. The van der Waals surface area contributed by atoms with Gasteiger partial charge in [-0.25, -0.2) is 8.42 Å². The second kappa shape index (κ2) is 10.9. The fraction of sp³-hybridized carbons (Fsp3) is 0.500. The number of amides is 1. The summed E-state index contributed by atoms with van der Waals surface area (Å²) in [5, 5.41) is 0. The maximum atomic E-state index is 13.2. The molecule has 2 fully saturated rings. The van der Waals surface area contributed by atoms with Crippen LogP contribution in [-0.4, -0.2) is 80.9 Å². The van der Waals surface area contributed by atoms with Crippen molar-refractivity contribution in [2.24, 2.45) is 0 Å². The second-order valence-electron chi connectivity index (χ2n) is 9.22. The predicted molar refractivity (Wildman–Crippen MR) is 133 cm³/mol. The zero-order valence-electron chi connectivity index (χ0n) is 20.2. The Bertz CT molecular complexity index is 1080. The van der Waals surface area contributed by atoms with Crippen molar-refractivity contribution in [1.82, 2.24) is 14.1 Å². The third-order valence-corrected chi connectivity index (χ3v) is 8.97.